The van der Waals surface area contributed by atoms with Gasteiger partial charge in [-0.1, -0.05) is 51.3 Å². The van der Waals surface area contributed by atoms with E-state index in [0.29, 0.717) is 5.92 Å². The monoisotopic (exact) mass is 426 g/mol. The van der Waals surface area contributed by atoms with Crippen molar-refractivity contribution in [3.8, 4) is 0 Å². The number of unbranched alkanes of at least 4 members (excludes halogenated alkanes) is 1. The van der Waals surface area contributed by atoms with Crippen LogP contribution in [0, 0.1) is 0 Å². The van der Waals surface area contributed by atoms with Crippen LogP contribution in [-0.4, -0.2) is 28.0 Å². The molecule has 1 aromatic carbocycles. The van der Waals surface area contributed by atoms with Crippen LogP contribution in [0.25, 0.3) is 16.5 Å². The summed E-state index contributed by atoms with van der Waals surface area (Å²) < 4.78 is 0. The predicted octanol–water partition coefficient (Wildman–Crippen LogP) is 6.69. The summed E-state index contributed by atoms with van der Waals surface area (Å²) in [6, 6.07) is 11.2. The van der Waals surface area contributed by atoms with Gasteiger partial charge in [-0.15, -0.1) is 0 Å². The first kappa shape index (κ1) is 21.1. The maximum atomic E-state index is 5.09. The first-order valence-corrected chi connectivity index (χ1v) is 12.5. The smallest absolute Gasteiger partial charge is 0.139 e. The number of allylic oxidation sites excluding steroid dienone is 1. The summed E-state index contributed by atoms with van der Waals surface area (Å²) >= 11 is 0. The number of hydrogen-bond donors (Lipinski definition) is 0. The van der Waals surface area contributed by atoms with Gasteiger partial charge in [0.05, 0.1) is 11.2 Å². The third kappa shape index (κ3) is 4.03. The van der Waals surface area contributed by atoms with Gasteiger partial charge in [0.2, 0.25) is 0 Å². The van der Waals surface area contributed by atoms with Crippen LogP contribution in [-0.2, 0) is 6.42 Å². The lowest BCUT2D eigenvalue weighted by molar-refractivity contribution is 0.693. The van der Waals surface area contributed by atoms with Crippen molar-refractivity contribution in [1.82, 2.24) is 15.0 Å². The van der Waals surface area contributed by atoms with Gasteiger partial charge >= 0.3 is 0 Å². The van der Waals surface area contributed by atoms with Gasteiger partial charge in [0.1, 0.15) is 12.1 Å². The van der Waals surface area contributed by atoms with Crippen LogP contribution >= 0.6 is 0 Å². The third-order valence-electron chi connectivity index (χ3n) is 7.06. The van der Waals surface area contributed by atoms with Crippen LogP contribution in [0.1, 0.15) is 87.2 Å². The quantitative estimate of drug-likeness (QED) is 0.402. The molecule has 0 atom stereocenters. The van der Waals surface area contributed by atoms with E-state index in [9.17, 15) is 0 Å². The van der Waals surface area contributed by atoms with Gasteiger partial charge in [0, 0.05) is 42.1 Å². The summed E-state index contributed by atoms with van der Waals surface area (Å²) in [7, 11) is 0. The Morgan fingerprint density at radius 3 is 2.66 bits per heavy atom. The number of fused-ring (bicyclic) bond motifs is 2. The molecule has 2 aliphatic carbocycles. The largest absolute Gasteiger partial charge is 0.356 e. The molecule has 0 unspecified atom stereocenters. The second-order valence-electron chi connectivity index (χ2n) is 9.30. The van der Waals surface area contributed by atoms with E-state index in [1.165, 1.54) is 66.6 Å². The minimum Gasteiger partial charge on any atom is -0.356 e. The maximum absolute atomic E-state index is 5.09. The van der Waals surface area contributed by atoms with E-state index in [-0.39, 0.29) is 0 Å². The lowest BCUT2D eigenvalue weighted by Gasteiger charge is -2.24. The molecule has 0 bridgehead atoms. The van der Waals surface area contributed by atoms with Gasteiger partial charge in [-0.05, 0) is 55.0 Å². The number of hydrogen-bond acceptors (Lipinski definition) is 4. The van der Waals surface area contributed by atoms with Gasteiger partial charge in [-0.2, -0.15) is 0 Å². The highest BCUT2D eigenvalue weighted by Crippen LogP contribution is 2.38. The molecule has 5 rings (SSSR count). The number of rotatable bonds is 8. The van der Waals surface area contributed by atoms with Gasteiger partial charge in [0.15, 0.2) is 0 Å². The van der Waals surface area contributed by atoms with Gasteiger partial charge in [-0.3, -0.25) is 4.98 Å². The van der Waals surface area contributed by atoms with Gasteiger partial charge in [-0.25, -0.2) is 9.97 Å². The molecule has 4 heteroatoms. The normalized spacial score (nSPS) is 15.9. The number of benzene rings is 1. The number of pyridine rings is 1. The first-order chi connectivity index (χ1) is 15.8. The Morgan fingerprint density at radius 1 is 0.969 bits per heavy atom. The molecule has 0 spiro atoms. The molecular weight excluding hydrogens is 392 g/mol. The highest BCUT2D eigenvalue weighted by Gasteiger charge is 2.23. The van der Waals surface area contributed by atoms with Crippen molar-refractivity contribution in [2.75, 3.05) is 18.0 Å². The van der Waals surface area contributed by atoms with E-state index in [0.717, 1.165) is 42.7 Å². The Labute approximate surface area is 191 Å². The average Bonchev–Trinajstić information content (AvgIpc) is 3.51. The molecule has 4 nitrogen and oxygen atoms in total. The fourth-order valence-corrected chi connectivity index (χ4v) is 5.36. The summed E-state index contributed by atoms with van der Waals surface area (Å²) in [6.45, 7) is 6.55. The van der Waals surface area contributed by atoms with Crippen molar-refractivity contribution in [1.29, 1.82) is 0 Å². The number of aromatic nitrogens is 3. The van der Waals surface area contributed by atoms with Crippen LogP contribution in [0.4, 0.5) is 5.82 Å². The van der Waals surface area contributed by atoms with Crippen LogP contribution < -0.4 is 4.90 Å². The zero-order valence-corrected chi connectivity index (χ0v) is 19.5. The lowest BCUT2D eigenvalue weighted by atomic mass is 9.97. The summed E-state index contributed by atoms with van der Waals surface area (Å²) in [5.41, 5.74) is 7.40. The van der Waals surface area contributed by atoms with E-state index in [2.05, 4.69) is 60.1 Å². The van der Waals surface area contributed by atoms with Crippen molar-refractivity contribution >= 4 is 22.3 Å². The third-order valence-corrected chi connectivity index (χ3v) is 7.06. The Bertz CT molecular complexity index is 1130. The van der Waals surface area contributed by atoms with Crippen LogP contribution in [0.5, 0.6) is 0 Å². The summed E-state index contributed by atoms with van der Waals surface area (Å²) in [6.07, 6.45) is 13.8. The maximum Gasteiger partial charge on any atom is 0.139 e. The first-order valence-electron chi connectivity index (χ1n) is 12.5. The Hall–Kier alpha value is -2.75. The molecule has 2 aromatic heterocycles. The standard InChI is InChI=1S/C28H34N4/c1-3-5-17-32(16-4-2)28-24-18-21(10-13-26(24)29-19-30-28)22-11-15-27-23(22)12-14-25(31-27)20-8-6-7-9-20/h10-14,18-20H,3-9,15-17H2,1-2H3. The van der Waals surface area contributed by atoms with E-state index in [4.69, 9.17) is 9.97 Å². The Kier molecular flexibility index (Phi) is 6.20. The van der Waals surface area contributed by atoms with Crippen molar-refractivity contribution in [2.24, 2.45) is 0 Å². The summed E-state index contributed by atoms with van der Waals surface area (Å²) in [5.74, 6) is 1.73. The zero-order chi connectivity index (χ0) is 21.9. The molecule has 0 N–H and O–H groups in total. The number of anilines is 1. The molecule has 32 heavy (non-hydrogen) atoms. The van der Waals surface area contributed by atoms with E-state index < -0.39 is 0 Å². The fraction of sp³-hybridized carbons (Fsp3) is 0.464. The second-order valence-corrected chi connectivity index (χ2v) is 9.30. The Morgan fingerprint density at radius 2 is 1.84 bits per heavy atom. The molecule has 2 heterocycles. The van der Waals surface area contributed by atoms with Gasteiger partial charge < -0.3 is 4.90 Å². The highest BCUT2D eigenvalue weighted by molar-refractivity contribution is 5.94. The summed E-state index contributed by atoms with van der Waals surface area (Å²) in [4.78, 5) is 16.8. The zero-order valence-electron chi connectivity index (χ0n) is 19.5. The molecule has 1 fully saturated rings. The van der Waals surface area contributed by atoms with Gasteiger partial charge in [0.25, 0.3) is 0 Å². The Balaban J connectivity index is 1.49. The van der Waals surface area contributed by atoms with Crippen molar-refractivity contribution in [3.05, 3.63) is 65.2 Å². The molecule has 0 saturated heterocycles. The molecule has 2 aliphatic rings. The molecule has 166 valence electrons. The van der Waals surface area contributed by atoms with Crippen LogP contribution in [0.2, 0.25) is 0 Å². The molecule has 0 radical (unpaired) electrons. The predicted molar refractivity (Wildman–Crippen MR) is 133 cm³/mol. The minimum atomic E-state index is 0.664. The average molecular weight is 427 g/mol. The van der Waals surface area contributed by atoms with E-state index in [1.54, 1.807) is 6.33 Å². The van der Waals surface area contributed by atoms with E-state index in [1.807, 2.05) is 0 Å². The fourth-order valence-electron chi connectivity index (χ4n) is 5.36. The molecule has 3 aromatic rings. The second kappa shape index (κ2) is 9.40. The molecule has 0 aliphatic heterocycles. The van der Waals surface area contributed by atoms with Crippen molar-refractivity contribution in [3.63, 3.8) is 0 Å². The SMILES string of the molecule is CCCCN(CCC)c1ncnc2ccc(C3=CCc4nc(C5CCCC5)ccc43)cc12. The lowest BCUT2D eigenvalue weighted by Crippen LogP contribution is -2.26. The summed E-state index contributed by atoms with van der Waals surface area (Å²) in [5, 5.41) is 1.15. The molecule has 1 saturated carbocycles. The molecule has 0 amide bonds. The van der Waals surface area contributed by atoms with Crippen molar-refractivity contribution in [2.45, 2.75) is 71.1 Å². The van der Waals surface area contributed by atoms with Crippen LogP contribution in [0.3, 0.4) is 0 Å². The molecular formula is C28H34N4. The van der Waals surface area contributed by atoms with Crippen LogP contribution in [0.15, 0.2) is 42.7 Å². The topological polar surface area (TPSA) is 41.9 Å². The minimum absolute atomic E-state index is 0.664. The van der Waals surface area contributed by atoms with E-state index >= 15 is 0 Å². The highest BCUT2D eigenvalue weighted by atomic mass is 15.2. The van der Waals surface area contributed by atoms with Crippen molar-refractivity contribution < 1.29 is 0 Å². The number of nitrogens with zero attached hydrogens (tertiary/aromatic N) is 4.